The van der Waals surface area contributed by atoms with E-state index in [9.17, 15) is 4.79 Å². The third-order valence-electron chi connectivity index (χ3n) is 5.79. The molecule has 0 aliphatic carbocycles. The number of carbonyl (C=O) groups excluding carboxylic acids is 1. The number of hydrogen-bond donors (Lipinski definition) is 2. The van der Waals surface area contributed by atoms with E-state index in [1.165, 1.54) is 0 Å². The fraction of sp³-hybridized carbons (Fsp3) is 0.115. The zero-order valence-electron chi connectivity index (χ0n) is 18.9. The highest BCUT2D eigenvalue weighted by molar-refractivity contribution is 5.98. The number of nitrogens with zero attached hydrogens (tertiary/aromatic N) is 5. The summed E-state index contributed by atoms with van der Waals surface area (Å²) in [6, 6.07) is 19.4. The van der Waals surface area contributed by atoms with Crippen LogP contribution < -0.4 is 11.1 Å². The van der Waals surface area contributed by atoms with E-state index in [0.29, 0.717) is 11.4 Å². The number of aromatic nitrogens is 5. The van der Waals surface area contributed by atoms with Crippen molar-refractivity contribution in [3.05, 3.63) is 90.3 Å². The van der Waals surface area contributed by atoms with Crippen LogP contribution >= 0.6 is 0 Å². The lowest BCUT2D eigenvalue weighted by atomic mass is 10.0. The van der Waals surface area contributed by atoms with Gasteiger partial charge >= 0.3 is 0 Å². The van der Waals surface area contributed by atoms with Gasteiger partial charge in [0.15, 0.2) is 11.5 Å². The van der Waals surface area contributed by atoms with Gasteiger partial charge in [-0.15, -0.1) is 0 Å². The minimum Gasteiger partial charge on any atom is -0.382 e. The molecule has 5 aromatic rings. The highest BCUT2D eigenvalue weighted by atomic mass is 16.1. The van der Waals surface area contributed by atoms with Crippen molar-refractivity contribution >= 4 is 22.6 Å². The number of hydrogen-bond acceptors (Lipinski definition) is 6. The first-order valence-electron chi connectivity index (χ1n) is 10.8. The predicted octanol–water partition coefficient (Wildman–Crippen LogP) is 3.91. The molecule has 3 N–H and O–H groups in total. The van der Waals surface area contributed by atoms with E-state index in [-0.39, 0.29) is 18.1 Å². The average Bonchev–Trinajstić information content (AvgIpc) is 3.19. The summed E-state index contributed by atoms with van der Waals surface area (Å²) in [5, 5.41) is 3.83. The minimum atomic E-state index is -0.408. The van der Waals surface area contributed by atoms with Crippen LogP contribution in [0.15, 0.2) is 73.1 Å². The normalized spacial score (nSPS) is 11.0. The number of amides is 1. The molecule has 168 valence electrons. The predicted molar refractivity (Wildman–Crippen MR) is 132 cm³/mol. The Kier molecular flexibility index (Phi) is 5.47. The van der Waals surface area contributed by atoms with Crippen molar-refractivity contribution in [3.8, 4) is 22.5 Å². The highest BCUT2D eigenvalue weighted by Crippen LogP contribution is 2.32. The van der Waals surface area contributed by atoms with E-state index >= 15 is 0 Å². The van der Waals surface area contributed by atoms with Crippen molar-refractivity contribution in [2.45, 2.75) is 13.5 Å². The van der Waals surface area contributed by atoms with E-state index in [1.54, 1.807) is 12.4 Å². The van der Waals surface area contributed by atoms with Crippen LogP contribution in [0.1, 0.15) is 22.0 Å². The standard InChI is InChI=1S/C26H23N7O/c1-16-14-29-21(33(16)2)15-30-26(34)24-25(27)32-22(17-7-4-3-5-8-17)23(31-24)19-10-11-20-18(13-19)9-6-12-28-20/h3-14H,15H2,1-2H3,(H2,27,32)(H,30,34). The number of anilines is 1. The van der Waals surface area contributed by atoms with Gasteiger partial charge in [-0.25, -0.2) is 15.0 Å². The fourth-order valence-corrected chi connectivity index (χ4v) is 3.79. The van der Waals surface area contributed by atoms with Gasteiger partial charge < -0.3 is 15.6 Å². The lowest BCUT2D eigenvalue weighted by molar-refractivity contribution is 0.0945. The molecule has 8 heteroatoms. The SMILES string of the molecule is Cc1cnc(CNC(=O)c2nc(-c3ccc4ncccc4c3)c(-c3ccccc3)nc2N)n1C. The maximum atomic E-state index is 13.1. The molecule has 1 amide bonds. The first-order valence-corrected chi connectivity index (χ1v) is 10.8. The number of rotatable bonds is 5. The molecular formula is C26H23N7O. The molecule has 0 unspecified atom stereocenters. The van der Waals surface area contributed by atoms with E-state index in [2.05, 4.69) is 20.3 Å². The molecule has 0 radical (unpaired) electrons. The van der Waals surface area contributed by atoms with Gasteiger partial charge in [-0.2, -0.15) is 0 Å². The molecule has 5 rings (SSSR count). The number of pyridine rings is 1. The Bertz CT molecular complexity index is 1510. The van der Waals surface area contributed by atoms with Crippen molar-refractivity contribution in [3.63, 3.8) is 0 Å². The smallest absolute Gasteiger partial charge is 0.274 e. The van der Waals surface area contributed by atoms with E-state index in [4.69, 9.17) is 10.7 Å². The van der Waals surface area contributed by atoms with Crippen molar-refractivity contribution in [2.24, 2.45) is 7.05 Å². The van der Waals surface area contributed by atoms with Crippen LogP contribution in [0.2, 0.25) is 0 Å². The van der Waals surface area contributed by atoms with Crippen molar-refractivity contribution in [1.29, 1.82) is 0 Å². The Balaban J connectivity index is 1.58. The summed E-state index contributed by atoms with van der Waals surface area (Å²) in [6.45, 7) is 2.21. The van der Waals surface area contributed by atoms with Gasteiger partial charge in [0.1, 0.15) is 5.82 Å². The quantitative estimate of drug-likeness (QED) is 0.421. The molecule has 0 bridgehead atoms. The van der Waals surface area contributed by atoms with Crippen molar-refractivity contribution < 1.29 is 4.79 Å². The molecule has 8 nitrogen and oxygen atoms in total. The lowest BCUT2D eigenvalue weighted by Gasteiger charge is -2.14. The molecule has 0 spiro atoms. The molecule has 2 aromatic carbocycles. The van der Waals surface area contributed by atoms with Crippen LogP contribution in [0.4, 0.5) is 5.82 Å². The first-order chi connectivity index (χ1) is 16.5. The van der Waals surface area contributed by atoms with Gasteiger partial charge in [0.25, 0.3) is 5.91 Å². The molecule has 0 saturated heterocycles. The molecule has 0 fully saturated rings. The molecule has 0 aliphatic heterocycles. The van der Waals surface area contributed by atoms with E-state index in [1.807, 2.05) is 79.2 Å². The van der Waals surface area contributed by atoms with Crippen molar-refractivity contribution in [1.82, 2.24) is 29.8 Å². The molecule has 0 aliphatic rings. The van der Waals surface area contributed by atoms with Crippen LogP contribution in [-0.2, 0) is 13.6 Å². The molecule has 3 heterocycles. The zero-order valence-corrected chi connectivity index (χ0v) is 18.9. The second kappa shape index (κ2) is 8.74. The summed E-state index contributed by atoms with van der Waals surface area (Å²) in [5.74, 6) is 0.396. The van der Waals surface area contributed by atoms with Gasteiger partial charge in [0.05, 0.1) is 23.4 Å². The number of carbonyl (C=O) groups is 1. The lowest BCUT2D eigenvalue weighted by Crippen LogP contribution is -2.27. The van der Waals surface area contributed by atoms with Gasteiger partial charge in [0, 0.05) is 41.6 Å². The van der Waals surface area contributed by atoms with Crippen LogP contribution in [0, 0.1) is 6.92 Å². The molecule has 0 saturated carbocycles. The fourth-order valence-electron chi connectivity index (χ4n) is 3.79. The van der Waals surface area contributed by atoms with Crippen LogP contribution in [0.5, 0.6) is 0 Å². The van der Waals surface area contributed by atoms with Crippen molar-refractivity contribution in [2.75, 3.05) is 5.73 Å². The third-order valence-corrected chi connectivity index (χ3v) is 5.79. The molecule has 0 atom stereocenters. The minimum absolute atomic E-state index is 0.0681. The largest absolute Gasteiger partial charge is 0.382 e. The number of aryl methyl sites for hydroxylation is 1. The number of fused-ring (bicyclic) bond motifs is 1. The molecule has 34 heavy (non-hydrogen) atoms. The number of nitrogens with one attached hydrogen (secondary N) is 1. The molecular weight excluding hydrogens is 426 g/mol. The Hall–Kier alpha value is -4.59. The maximum absolute atomic E-state index is 13.1. The topological polar surface area (TPSA) is 112 Å². The summed E-state index contributed by atoms with van der Waals surface area (Å²) >= 11 is 0. The Labute approximate surface area is 196 Å². The monoisotopic (exact) mass is 449 g/mol. The summed E-state index contributed by atoms with van der Waals surface area (Å²) in [4.78, 5) is 31.1. The van der Waals surface area contributed by atoms with Crippen LogP contribution in [0.25, 0.3) is 33.4 Å². The van der Waals surface area contributed by atoms with Gasteiger partial charge in [-0.1, -0.05) is 42.5 Å². The zero-order chi connectivity index (χ0) is 23.7. The van der Waals surface area contributed by atoms with Gasteiger partial charge in [0.2, 0.25) is 0 Å². The van der Waals surface area contributed by atoms with Crippen LogP contribution in [-0.4, -0.2) is 30.4 Å². The molecule has 3 aromatic heterocycles. The number of benzene rings is 2. The average molecular weight is 450 g/mol. The summed E-state index contributed by atoms with van der Waals surface area (Å²) in [7, 11) is 1.90. The number of nitrogens with two attached hydrogens (primary N) is 1. The van der Waals surface area contributed by atoms with Crippen LogP contribution in [0.3, 0.4) is 0 Å². The van der Waals surface area contributed by atoms with Gasteiger partial charge in [-0.05, 0) is 25.1 Å². The third kappa shape index (κ3) is 3.97. The summed E-state index contributed by atoms with van der Waals surface area (Å²) < 4.78 is 1.92. The second-order valence-electron chi connectivity index (χ2n) is 7.99. The Morgan fingerprint density at radius 2 is 1.76 bits per heavy atom. The number of imidazole rings is 1. The summed E-state index contributed by atoms with van der Waals surface area (Å²) in [6.07, 6.45) is 3.52. The van der Waals surface area contributed by atoms with E-state index < -0.39 is 5.91 Å². The number of nitrogen functional groups attached to an aromatic ring is 1. The first kappa shape index (κ1) is 21.3. The van der Waals surface area contributed by atoms with E-state index in [0.717, 1.165) is 33.5 Å². The summed E-state index contributed by atoms with van der Waals surface area (Å²) in [5.41, 5.74) is 11.1. The highest BCUT2D eigenvalue weighted by Gasteiger charge is 2.20. The second-order valence-corrected chi connectivity index (χ2v) is 7.99. The maximum Gasteiger partial charge on any atom is 0.274 e. The van der Waals surface area contributed by atoms with Gasteiger partial charge in [-0.3, -0.25) is 9.78 Å². The Morgan fingerprint density at radius 3 is 2.53 bits per heavy atom. The Morgan fingerprint density at radius 1 is 0.971 bits per heavy atom.